The van der Waals surface area contributed by atoms with Gasteiger partial charge >= 0.3 is 0 Å². The smallest absolute Gasteiger partial charge is 0.0353 e. The van der Waals surface area contributed by atoms with Crippen LogP contribution < -0.4 is 0 Å². The first-order chi connectivity index (χ1) is 22.1. The summed E-state index contributed by atoms with van der Waals surface area (Å²) in [6.07, 6.45) is 3.96. The van der Waals surface area contributed by atoms with Crippen LogP contribution in [0.2, 0.25) is 0 Å². The molecule has 0 saturated heterocycles. The third kappa shape index (κ3) is 3.84. The summed E-state index contributed by atoms with van der Waals surface area (Å²) in [4.78, 5) is 4.63. The van der Waals surface area contributed by atoms with E-state index in [1.807, 2.05) is 12.4 Å². The molecule has 0 radical (unpaired) electrons. The molecule has 1 nitrogen and oxygen atoms in total. The Hall–Kier alpha value is -5.53. The van der Waals surface area contributed by atoms with Crippen LogP contribution in [0.4, 0.5) is 0 Å². The number of rotatable bonds is 3. The van der Waals surface area contributed by atoms with Crippen LogP contribution in [-0.4, -0.2) is 4.98 Å². The van der Waals surface area contributed by atoms with Gasteiger partial charge in [-0.3, -0.25) is 4.98 Å². The minimum absolute atomic E-state index is 0.0153. The Kier molecular flexibility index (Phi) is 5.61. The second-order valence-electron chi connectivity index (χ2n) is 12.8. The van der Waals surface area contributed by atoms with Crippen LogP contribution in [0.15, 0.2) is 152 Å². The maximum atomic E-state index is 4.63. The van der Waals surface area contributed by atoms with Crippen LogP contribution in [0, 0.1) is 0 Å². The van der Waals surface area contributed by atoms with Gasteiger partial charge in [0.25, 0.3) is 0 Å². The first-order valence-corrected chi connectivity index (χ1v) is 15.7. The van der Waals surface area contributed by atoms with E-state index in [1.165, 1.54) is 88.0 Å². The molecule has 45 heavy (non-hydrogen) atoms. The number of nitrogens with zero attached hydrogens (tertiary/aromatic N) is 1. The number of aromatic nitrogens is 1. The number of hydrogen-bond acceptors (Lipinski definition) is 1. The van der Waals surface area contributed by atoms with Crippen molar-refractivity contribution >= 4 is 32.3 Å². The highest BCUT2D eigenvalue weighted by molar-refractivity contribution is 6.23. The van der Waals surface area contributed by atoms with Gasteiger partial charge in [0.1, 0.15) is 0 Å². The van der Waals surface area contributed by atoms with Crippen molar-refractivity contribution in [1.82, 2.24) is 4.98 Å². The van der Waals surface area contributed by atoms with Gasteiger partial charge < -0.3 is 0 Å². The topological polar surface area (TPSA) is 12.9 Å². The monoisotopic (exact) mass is 573 g/mol. The van der Waals surface area contributed by atoms with Crippen LogP contribution in [0.5, 0.6) is 0 Å². The molecule has 1 aromatic heterocycles. The lowest BCUT2D eigenvalue weighted by Crippen LogP contribution is -2.14. The highest BCUT2D eigenvalue weighted by Gasteiger charge is 2.35. The quantitative estimate of drug-likeness (QED) is 0.192. The van der Waals surface area contributed by atoms with Gasteiger partial charge in [-0.1, -0.05) is 141 Å². The van der Waals surface area contributed by atoms with Gasteiger partial charge in [0, 0.05) is 23.2 Å². The second kappa shape index (κ2) is 9.74. The van der Waals surface area contributed by atoms with E-state index < -0.39 is 0 Å². The summed E-state index contributed by atoms with van der Waals surface area (Å²) in [7, 11) is 0. The lowest BCUT2D eigenvalue weighted by molar-refractivity contribution is 0.660. The number of hydrogen-bond donors (Lipinski definition) is 0. The van der Waals surface area contributed by atoms with Gasteiger partial charge in [-0.25, -0.2) is 0 Å². The van der Waals surface area contributed by atoms with Gasteiger partial charge in [-0.15, -0.1) is 0 Å². The summed E-state index contributed by atoms with van der Waals surface area (Å²) < 4.78 is 0. The number of benzene rings is 7. The number of fused-ring (bicyclic) bond motifs is 6. The van der Waals surface area contributed by atoms with E-state index in [4.69, 9.17) is 0 Å². The lowest BCUT2D eigenvalue weighted by Gasteiger charge is -2.22. The largest absolute Gasteiger partial charge is 0.264 e. The summed E-state index contributed by atoms with van der Waals surface area (Å²) in [6.45, 7) is 4.69. The molecule has 1 heterocycles. The first kappa shape index (κ1) is 25.9. The highest BCUT2D eigenvalue weighted by Crippen LogP contribution is 2.50. The van der Waals surface area contributed by atoms with Gasteiger partial charge in [-0.05, 0) is 94.7 Å². The average molecular weight is 574 g/mol. The fourth-order valence-corrected chi connectivity index (χ4v) is 7.78. The van der Waals surface area contributed by atoms with Crippen molar-refractivity contribution in [3.63, 3.8) is 0 Å². The van der Waals surface area contributed by atoms with Crippen molar-refractivity contribution in [2.24, 2.45) is 0 Å². The number of pyridine rings is 1. The SMILES string of the molecule is CC1(C)c2ccccc2-c2ccc(-c3ccc(-c4c5ccccc5c(-c5cccc6ccccc56)c5ccncc45)cc3)cc21. The lowest BCUT2D eigenvalue weighted by atomic mass is 9.81. The molecular formula is C44H31N. The van der Waals surface area contributed by atoms with Crippen molar-refractivity contribution in [1.29, 1.82) is 0 Å². The first-order valence-electron chi connectivity index (χ1n) is 15.7. The molecule has 8 aromatic rings. The third-order valence-corrected chi connectivity index (χ3v) is 9.97. The van der Waals surface area contributed by atoms with Crippen LogP contribution in [0.1, 0.15) is 25.0 Å². The van der Waals surface area contributed by atoms with Gasteiger partial charge in [0.15, 0.2) is 0 Å². The molecule has 9 rings (SSSR count). The Morgan fingerprint density at radius 2 is 1.02 bits per heavy atom. The van der Waals surface area contributed by atoms with Crippen LogP contribution in [-0.2, 0) is 5.41 Å². The third-order valence-electron chi connectivity index (χ3n) is 9.97. The van der Waals surface area contributed by atoms with Crippen molar-refractivity contribution in [3.8, 4) is 44.5 Å². The molecule has 0 fully saturated rings. The summed E-state index contributed by atoms with van der Waals surface area (Å²) in [5.74, 6) is 0. The van der Waals surface area contributed by atoms with Crippen molar-refractivity contribution in [2.75, 3.05) is 0 Å². The van der Waals surface area contributed by atoms with Gasteiger partial charge in [0.2, 0.25) is 0 Å². The van der Waals surface area contributed by atoms with E-state index in [1.54, 1.807) is 0 Å². The minimum atomic E-state index is -0.0153. The summed E-state index contributed by atoms with van der Waals surface area (Å²) >= 11 is 0. The van der Waals surface area contributed by atoms with Crippen molar-refractivity contribution < 1.29 is 0 Å². The van der Waals surface area contributed by atoms with Crippen LogP contribution in [0.25, 0.3) is 76.8 Å². The fraction of sp³-hybridized carbons (Fsp3) is 0.0682. The van der Waals surface area contributed by atoms with E-state index >= 15 is 0 Å². The Balaban J connectivity index is 1.21. The predicted octanol–water partition coefficient (Wildman–Crippen LogP) is 11.8. The maximum Gasteiger partial charge on any atom is 0.0353 e. The molecule has 0 aliphatic heterocycles. The second-order valence-corrected chi connectivity index (χ2v) is 12.8. The molecular weight excluding hydrogens is 542 g/mol. The Labute approximate surface area is 263 Å². The van der Waals surface area contributed by atoms with Crippen molar-refractivity contribution in [2.45, 2.75) is 19.3 Å². The summed E-state index contributed by atoms with van der Waals surface area (Å²) in [6, 6.07) is 51.3. The standard InChI is InChI=1S/C44H31N/c1-44(2)40-17-8-7-13-33(40)34-23-22-31(26-41(34)44)28-18-20-30(21-19-28)42-36-14-5-6-15-37(36)43(38-24-25-45-27-39(38)42)35-16-9-11-29-10-3-4-12-32(29)35/h3-27H,1-2H3. The normalized spacial score (nSPS) is 13.3. The van der Waals surface area contributed by atoms with Crippen molar-refractivity contribution in [3.05, 3.63) is 163 Å². The zero-order chi connectivity index (χ0) is 30.1. The molecule has 7 aromatic carbocycles. The summed E-state index contributed by atoms with van der Waals surface area (Å²) in [5.41, 5.74) is 12.9. The molecule has 0 bridgehead atoms. The minimum Gasteiger partial charge on any atom is -0.264 e. The molecule has 0 amide bonds. The van der Waals surface area contributed by atoms with Crippen LogP contribution >= 0.6 is 0 Å². The molecule has 212 valence electrons. The molecule has 1 aliphatic carbocycles. The van der Waals surface area contributed by atoms with E-state index in [-0.39, 0.29) is 5.41 Å². The van der Waals surface area contributed by atoms with E-state index in [0.29, 0.717) is 0 Å². The molecule has 0 atom stereocenters. The molecule has 1 heteroatoms. The summed E-state index contributed by atoms with van der Waals surface area (Å²) in [5, 5.41) is 7.40. The predicted molar refractivity (Wildman–Crippen MR) is 191 cm³/mol. The van der Waals surface area contributed by atoms with E-state index in [2.05, 4.69) is 158 Å². The van der Waals surface area contributed by atoms with E-state index in [0.717, 1.165) is 0 Å². The molecule has 0 N–H and O–H groups in total. The average Bonchev–Trinajstić information content (AvgIpc) is 3.33. The molecule has 0 saturated carbocycles. The fourth-order valence-electron chi connectivity index (χ4n) is 7.78. The molecule has 1 aliphatic rings. The van der Waals surface area contributed by atoms with Crippen LogP contribution in [0.3, 0.4) is 0 Å². The zero-order valence-corrected chi connectivity index (χ0v) is 25.4. The highest BCUT2D eigenvalue weighted by atomic mass is 14.6. The zero-order valence-electron chi connectivity index (χ0n) is 25.4. The molecule has 0 unspecified atom stereocenters. The maximum absolute atomic E-state index is 4.63. The van der Waals surface area contributed by atoms with Gasteiger partial charge in [-0.2, -0.15) is 0 Å². The Bertz CT molecular complexity index is 2380. The molecule has 0 spiro atoms. The Morgan fingerprint density at radius 1 is 0.422 bits per heavy atom. The Morgan fingerprint density at radius 3 is 1.87 bits per heavy atom. The van der Waals surface area contributed by atoms with E-state index in [9.17, 15) is 0 Å². The van der Waals surface area contributed by atoms with Gasteiger partial charge in [0.05, 0.1) is 0 Å².